The summed E-state index contributed by atoms with van der Waals surface area (Å²) in [6.07, 6.45) is 0. The number of para-hydroxylation sites is 1. The molecule has 0 saturated carbocycles. The number of hydrogen-bond donors (Lipinski definition) is 1. The Hall–Kier alpha value is -1.65. The van der Waals surface area contributed by atoms with Crippen molar-refractivity contribution >= 4 is 22.2 Å². The minimum absolute atomic E-state index is 0.500. The van der Waals surface area contributed by atoms with Crippen LogP contribution in [0.4, 0.5) is 0 Å². The van der Waals surface area contributed by atoms with E-state index in [1.54, 1.807) is 11.3 Å². The summed E-state index contributed by atoms with van der Waals surface area (Å²) in [6, 6.07) is 10.5. The van der Waals surface area contributed by atoms with Gasteiger partial charge < -0.3 is 10.3 Å². The summed E-state index contributed by atoms with van der Waals surface area (Å²) in [5.74, 6) is 0. The number of nitrogens with two attached hydrogens (primary N) is 1. The molecule has 0 bridgehead atoms. The monoisotopic (exact) mass is 243 g/mol. The Morgan fingerprint density at radius 3 is 2.88 bits per heavy atom. The molecule has 0 atom stereocenters. The number of fused-ring (bicyclic) bond motifs is 1. The van der Waals surface area contributed by atoms with Gasteiger partial charge in [0.05, 0.1) is 11.4 Å². The number of aromatic nitrogens is 2. The number of nitrogens with zero attached hydrogens (tertiary/aromatic N) is 2. The zero-order chi connectivity index (χ0) is 11.8. The van der Waals surface area contributed by atoms with Gasteiger partial charge >= 0.3 is 0 Å². The van der Waals surface area contributed by atoms with Crippen LogP contribution in [0.1, 0.15) is 5.69 Å². The van der Waals surface area contributed by atoms with Gasteiger partial charge in [-0.15, -0.1) is 11.3 Å². The number of benzene rings is 1. The fourth-order valence-electron chi connectivity index (χ4n) is 2.01. The van der Waals surface area contributed by atoms with E-state index in [9.17, 15) is 0 Å². The van der Waals surface area contributed by atoms with Gasteiger partial charge in [0.25, 0.3) is 0 Å². The van der Waals surface area contributed by atoms with E-state index in [1.807, 2.05) is 5.38 Å². The van der Waals surface area contributed by atoms with Crippen molar-refractivity contribution in [2.45, 2.75) is 6.54 Å². The van der Waals surface area contributed by atoms with Crippen molar-refractivity contribution in [3.05, 3.63) is 41.4 Å². The first-order valence-corrected chi connectivity index (χ1v) is 6.37. The first kappa shape index (κ1) is 10.5. The van der Waals surface area contributed by atoms with E-state index in [2.05, 4.69) is 46.9 Å². The Bertz CT molecular complexity index is 666. The molecule has 3 nitrogen and oxygen atoms in total. The molecule has 3 rings (SSSR count). The van der Waals surface area contributed by atoms with Crippen LogP contribution in [0.25, 0.3) is 21.6 Å². The summed E-state index contributed by atoms with van der Waals surface area (Å²) in [5, 5.41) is 4.30. The van der Waals surface area contributed by atoms with Gasteiger partial charge in [-0.3, -0.25) is 0 Å². The molecule has 2 aromatic heterocycles. The Balaban J connectivity index is 2.20. The molecule has 0 aliphatic carbocycles. The van der Waals surface area contributed by atoms with Crippen molar-refractivity contribution in [1.82, 2.24) is 9.55 Å². The number of thiazole rings is 1. The lowest BCUT2D eigenvalue weighted by Crippen LogP contribution is -1.96. The highest BCUT2D eigenvalue weighted by atomic mass is 32.1. The summed E-state index contributed by atoms with van der Waals surface area (Å²) >= 11 is 1.64. The number of rotatable bonds is 2. The van der Waals surface area contributed by atoms with E-state index in [1.165, 1.54) is 10.9 Å². The minimum atomic E-state index is 0.500. The molecule has 0 unspecified atom stereocenters. The van der Waals surface area contributed by atoms with Crippen LogP contribution in [-0.2, 0) is 13.6 Å². The molecule has 0 saturated heterocycles. The zero-order valence-corrected chi connectivity index (χ0v) is 10.4. The second-order valence-electron chi connectivity index (χ2n) is 4.00. The summed E-state index contributed by atoms with van der Waals surface area (Å²) < 4.78 is 2.18. The predicted molar refractivity (Wildman–Crippen MR) is 71.9 cm³/mol. The number of aryl methyl sites for hydroxylation is 1. The molecule has 1 aromatic carbocycles. The highest BCUT2D eigenvalue weighted by molar-refractivity contribution is 7.13. The van der Waals surface area contributed by atoms with Crippen molar-refractivity contribution in [2.75, 3.05) is 0 Å². The van der Waals surface area contributed by atoms with Gasteiger partial charge in [0, 0.05) is 29.9 Å². The van der Waals surface area contributed by atoms with Crippen LogP contribution in [0.3, 0.4) is 0 Å². The van der Waals surface area contributed by atoms with Gasteiger partial charge in [0.15, 0.2) is 0 Å². The second-order valence-corrected chi connectivity index (χ2v) is 4.85. The highest BCUT2D eigenvalue weighted by Crippen LogP contribution is 2.29. The maximum absolute atomic E-state index is 5.59. The Labute approximate surface area is 104 Å². The summed E-state index contributed by atoms with van der Waals surface area (Å²) in [4.78, 5) is 4.53. The van der Waals surface area contributed by atoms with Crippen molar-refractivity contribution in [1.29, 1.82) is 0 Å². The average Bonchev–Trinajstić information content (AvgIpc) is 2.95. The molecular formula is C13H13N3S. The smallest absolute Gasteiger partial charge is 0.140 e. The molecule has 2 heterocycles. The number of hydrogen-bond acceptors (Lipinski definition) is 3. The standard InChI is InChI=1S/C13H13N3S/c1-16-11-5-3-2-4-9(11)6-12(16)13-15-10(7-14)8-17-13/h2-6,8H,7,14H2,1H3. The zero-order valence-electron chi connectivity index (χ0n) is 9.55. The summed E-state index contributed by atoms with van der Waals surface area (Å²) in [6.45, 7) is 0.500. The van der Waals surface area contributed by atoms with Crippen LogP contribution in [0.15, 0.2) is 35.7 Å². The average molecular weight is 243 g/mol. The first-order chi connectivity index (χ1) is 8.29. The van der Waals surface area contributed by atoms with Gasteiger partial charge in [0.2, 0.25) is 0 Å². The van der Waals surface area contributed by atoms with Crippen molar-refractivity contribution in [3.63, 3.8) is 0 Å². The molecule has 0 amide bonds. The van der Waals surface area contributed by atoms with Crippen LogP contribution in [0.2, 0.25) is 0 Å². The van der Waals surface area contributed by atoms with Crippen molar-refractivity contribution < 1.29 is 0 Å². The van der Waals surface area contributed by atoms with Crippen LogP contribution < -0.4 is 5.73 Å². The fourth-order valence-corrected chi connectivity index (χ4v) is 2.90. The minimum Gasteiger partial charge on any atom is -0.342 e. The van der Waals surface area contributed by atoms with Gasteiger partial charge in [-0.2, -0.15) is 0 Å². The van der Waals surface area contributed by atoms with Gasteiger partial charge in [0.1, 0.15) is 5.01 Å². The van der Waals surface area contributed by atoms with E-state index in [0.29, 0.717) is 6.54 Å². The van der Waals surface area contributed by atoms with E-state index >= 15 is 0 Å². The van der Waals surface area contributed by atoms with Crippen molar-refractivity contribution in [2.24, 2.45) is 12.8 Å². The first-order valence-electron chi connectivity index (χ1n) is 5.49. The Morgan fingerprint density at radius 2 is 2.18 bits per heavy atom. The van der Waals surface area contributed by atoms with Gasteiger partial charge in [-0.05, 0) is 12.1 Å². The highest BCUT2D eigenvalue weighted by Gasteiger charge is 2.10. The lowest BCUT2D eigenvalue weighted by atomic mass is 10.2. The molecule has 0 aliphatic heterocycles. The van der Waals surface area contributed by atoms with Gasteiger partial charge in [-0.25, -0.2) is 4.98 Å². The molecule has 17 heavy (non-hydrogen) atoms. The molecule has 4 heteroatoms. The fraction of sp³-hybridized carbons (Fsp3) is 0.154. The predicted octanol–water partition coefficient (Wildman–Crippen LogP) is 2.76. The maximum Gasteiger partial charge on any atom is 0.140 e. The maximum atomic E-state index is 5.59. The van der Waals surface area contributed by atoms with Crippen LogP contribution >= 0.6 is 11.3 Å². The van der Waals surface area contributed by atoms with Gasteiger partial charge in [-0.1, -0.05) is 18.2 Å². The largest absolute Gasteiger partial charge is 0.342 e. The van der Waals surface area contributed by atoms with E-state index < -0.39 is 0 Å². The molecule has 3 aromatic rings. The third kappa shape index (κ3) is 1.66. The second kappa shape index (κ2) is 3.98. The summed E-state index contributed by atoms with van der Waals surface area (Å²) in [7, 11) is 2.07. The lowest BCUT2D eigenvalue weighted by molar-refractivity contribution is 0.965. The normalized spacial score (nSPS) is 11.2. The third-order valence-corrected chi connectivity index (χ3v) is 3.85. The van der Waals surface area contributed by atoms with Crippen LogP contribution in [-0.4, -0.2) is 9.55 Å². The molecular weight excluding hydrogens is 230 g/mol. The van der Waals surface area contributed by atoms with E-state index in [4.69, 9.17) is 5.73 Å². The molecule has 0 spiro atoms. The quantitative estimate of drug-likeness (QED) is 0.752. The molecule has 0 aliphatic rings. The van der Waals surface area contributed by atoms with E-state index in [-0.39, 0.29) is 0 Å². The summed E-state index contributed by atoms with van der Waals surface area (Å²) in [5.41, 5.74) is 8.92. The SMILES string of the molecule is Cn1c(-c2nc(CN)cs2)cc2ccccc21. The Morgan fingerprint density at radius 1 is 1.35 bits per heavy atom. The topological polar surface area (TPSA) is 43.8 Å². The molecule has 0 fully saturated rings. The third-order valence-electron chi connectivity index (χ3n) is 2.93. The molecule has 86 valence electrons. The van der Waals surface area contributed by atoms with Crippen molar-refractivity contribution in [3.8, 4) is 10.7 Å². The van der Waals surface area contributed by atoms with Crippen LogP contribution in [0, 0.1) is 0 Å². The molecule has 0 radical (unpaired) electrons. The van der Waals surface area contributed by atoms with E-state index in [0.717, 1.165) is 16.4 Å². The van der Waals surface area contributed by atoms with Crippen LogP contribution in [0.5, 0.6) is 0 Å². The Kier molecular flexibility index (Phi) is 2.46. The molecule has 2 N–H and O–H groups in total. The lowest BCUT2D eigenvalue weighted by Gasteiger charge is -2.00.